The second-order valence-corrected chi connectivity index (χ2v) is 14.0. The van der Waals surface area contributed by atoms with Crippen molar-refractivity contribution in [2.24, 2.45) is 5.92 Å². The van der Waals surface area contributed by atoms with Crippen LogP contribution in [-0.4, -0.2) is 14.4 Å². The molecule has 1 aliphatic carbocycles. The first-order valence-electron chi connectivity index (χ1n) is 15.8. The van der Waals surface area contributed by atoms with Crippen LogP contribution in [0.25, 0.3) is 11.5 Å². The number of allylic oxidation sites excluding steroid dienone is 2. The Morgan fingerprint density at radius 3 is 1.96 bits per heavy atom. The van der Waals surface area contributed by atoms with E-state index >= 15 is 0 Å². The monoisotopic (exact) mass is 637 g/mol. The van der Waals surface area contributed by atoms with E-state index in [0.717, 1.165) is 38.9 Å². The van der Waals surface area contributed by atoms with Crippen LogP contribution >= 0.6 is 0 Å². The van der Waals surface area contributed by atoms with Crippen molar-refractivity contribution in [1.82, 2.24) is 4.72 Å². The molecule has 5 aromatic carbocycles. The van der Waals surface area contributed by atoms with Gasteiger partial charge >= 0.3 is 5.97 Å². The van der Waals surface area contributed by atoms with Crippen LogP contribution in [-0.2, 0) is 19.6 Å². The minimum atomic E-state index is -3.93. The molecule has 0 bridgehead atoms. The van der Waals surface area contributed by atoms with Crippen LogP contribution in [0.2, 0.25) is 0 Å². The first-order valence-corrected chi connectivity index (χ1v) is 17.3. The highest BCUT2D eigenvalue weighted by Crippen LogP contribution is 2.56. The smallest absolute Gasteiger partial charge is 0.315 e. The predicted octanol–water partition coefficient (Wildman–Crippen LogP) is 8.50. The van der Waals surface area contributed by atoms with E-state index in [9.17, 15) is 13.2 Å². The van der Waals surface area contributed by atoms with E-state index in [2.05, 4.69) is 22.9 Å². The van der Waals surface area contributed by atoms with Crippen LogP contribution in [0, 0.1) is 19.8 Å². The van der Waals surface area contributed by atoms with Crippen LogP contribution in [0.1, 0.15) is 56.7 Å². The standard InChI is InChI=1S/C41H35NO4S/c1-27-17-21-31(22-18-27)38-26-36-33-15-9-10-16-34(33)39(40(36)41(43)46-38)35(29-11-5-3-6-12-29)25-37(30-13-7-4-8-14-30)42-47(44,45)32-23-19-28(2)20-24-32/h3-26,35-36,39-40,42H,1-2H3/b37-25-/t35-,36-,39+,40-/m1/s1. The van der Waals surface area contributed by atoms with Crippen LogP contribution in [0.3, 0.4) is 0 Å². The van der Waals surface area contributed by atoms with E-state index < -0.39 is 15.9 Å². The summed E-state index contributed by atoms with van der Waals surface area (Å²) in [5.74, 6) is -1.11. The Balaban J connectivity index is 1.38. The quantitative estimate of drug-likeness (QED) is 0.173. The molecule has 5 nitrogen and oxygen atoms in total. The van der Waals surface area contributed by atoms with Gasteiger partial charge in [-0.25, -0.2) is 8.42 Å². The Morgan fingerprint density at radius 1 is 0.723 bits per heavy atom. The molecule has 0 fully saturated rings. The topological polar surface area (TPSA) is 72.5 Å². The highest BCUT2D eigenvalue weighted by molar-refractivity contribution is 7.89. The molecule has 4 atom stereocenters. The molecule has 0 amide bonds. The van der Waals surface area contributed by atoms with E-state index in [1.165, 1.54) is 0 Å². The minimum Gasteiger partial charge on any atom is -0.426 e. The molecule has 0 radical (unpaired) electrons. The molecule has 2 aliphatic rings. The maximum absolute atomic E-state index is 14.1. The number of esters is 1. The molecule has 0 spiro atoms. The lowest BCUT2D eigenvalue weighted by Gasteiger charge is -2.32. The van der Waals surface area contributed by atoms with Crippen molar-refractivity contribution < 1.29 is 17.9 Å². The fraction of sp³-hybridized carbons (Fsp3) is 0.146. The number of cyclic esters (lactones) is 1. The number of nitrogens with one attached hydrogen (secondary N) is 1. The highest BCUT2D eigenvalue weighted by atomic mass is 32.2. The number of aryl methyl sites for hydroxylation is 2. The summed E-state index contributed by atoms with van der Waals surface area (Å²) in [6.45, 7) is 3.95. The predicted molar refractivity (Wildman–Crippen MR) is 186 cm³/mol. The Kier molecular flexibility index (Phi) is 8.12. The Hall–Kier alpha value is -5.20. The Labute approximate surface area is 276 Å². The third kappa shape index (κ3) is 6.05. The van der Waals surface area contributed by atoms with Gasteiger partial charge < -0.3 is 4.74 Å². The highest BCUT2D eigenvalue weighted by Gasteiger charge is 2.50. The number of hydrogen-bond acceptors (Lipinski definition) is 4. The van der Waals surface area contributed by atoms with Gasteiger partial charge in [0.15, 0.2) is 0 Å². The van der Waals surface area contributed by atoms with Gasteiger partial charge in [-0.2, -0.15) is 0 Å². The fourth-order valence-electron chi connectivity index (χ4n) is 6.87. The molecule has 0 aromatic heterocycles. The van der Waals surface area contributed by atoms with Gasteiger partial charge in [-0.3, -0.25) is 9.52 Å². The summed E-state index contributed by atoms with van der Waals surface area (Å²) in [5, 5.41) is 0. The van der Waals surface area contributed by atoms with Gasteiger partial charge in [0, 0.05) is 23.3 Å². The normalized spacial score (nSPS) is 19.6. The molecular formula is C41H35NO4S. The van der Waals surface area contributed by atoms with Crippen LogP contribution in [0.4, 0.5) is 0 Å². The number of hydrogen-bond donors (Lipinski definition) is 1. The molecule has 1 N–H and O–H groups in total. The molecule has 0 saturated heterocycles. The molecule has 47 heavy (non-hydrogen) atoms. The summed E-state index contributed by atoms with van der Waals surface area (Å²) < 4.78 is 36.6. The molecule has 5 aromatic rings. The first-order chi connectivity index (χ1) is 22.8. The number of benzene rings is 5. The van der Waals surface area contributed by atoms with E-state index in [4.69, 9.17) is 4.74 Å². The molecule has 234 valence electrons. The number of rotatable bonds is 8. The van der Waals surface area contributed by atoms with Gasteiger partial charge in [0.1, 0.15) is 5.76 Å². The molecule has 6 heteroatoms. The number of sulfonamides is 1. The summed E-state index contributed by atoms with van der Waals surface area (Å²) in [6, 6.07) is 42.4. The number of carbonyl (C=O) groups excluding carboxylic acids is 1. The van der Waals surface area contributed by atoms with Gasteiger partial charge in [0.05, 0.1) is 16.5 Å². The van der Waals surface area contributed by atoms with E-state index in [-0.39, 0.29) is 28.6 Å². The molecule has 1 heterocycles. The summed E-state index contributed by atoms with van der Waals surface area (Å²) in [4.78, 5) is 14.3. The summed E-state index contributed by atoms with van der Waals surface area (Å²) in [5.41, 5.74) is 7.24. The fourth-order valence-corrected chi connectivity index (χ4v) is 7.96. The second-order valence-electron chi connectivity index (χ2n) is 12.3. The van der Waals surface area contributed by atoms with Crippen molar-refractivity contribution in [3.63, 3.8) is 0 Å². The average molecular weight is 638 g/mol. The lowest BCUT2D eigenvalue weighted by molar-refractivity contribution is -0.143. The zero-order chi connectivity index (χ0) is 32.5. The molecule has 0 saturated carbocycles. The van der Waals surface area contributed by atoms with Crippen molar-refractivity contribution in [1.29, 1.82) is 0 Å². The molecule has 7 rings (SSSR count). The van der Waals surface area contributed by atoms with Crippen molar-refractivity contribution in [2.45, 2.75) is 36.5 Å². The lowest BCUT2D eigenvalue weighted by Crippen LogP contribution is -2.30. The van der Waals surface area contributed by atoms with Crippen molar-refractivity contribution in [3.05, 3.63) is 185 Å². The van der Waals surface area contributed by atoms with Crippen molar-refractivity contribution in [3.8, 4) is 0 Å². The van der Waals surface area contributed by atoms with Crippen LogP contribution in [0.15, 0.2) is 151 Å². The first kappa shape index (κ1) is 30.5. The van der Waals surface area contributed by atoms with Crippen LogP contribution < -0.4 is 4.72 Å². The van der Waals surface area contributed by atoms with E-state index in [1.54, 1.807) is 24.3 Å². The van der Waals surface area contributed by atoms with E-state index in [0.29, 0.717) is 11.5 Å². The third-order valence-electron chi connectivity index (χ3n) is 9.22. The average Bonchev–Trinajstić information content (AvgIpc) is 3.42. The van der Waals surface area contributed by atoms with E-state index in [1.807, 2.05) is 117 Å². The summed E-state index contributed by atoms with van der Waals surface area (Å²) in [6.07, 6.45) is 4.06. The maximum Gasteiger partial charge on any atom is 0.315 e. The van der Waals surface area contributed by atoms with Gasteiger partial charge in [-0.15, -0.1) is 0 Å². The minimum absolute atomic E-state index is 0.178. The summed E-state index contributed by atoms with van der Waals surface area (Å²) in [7, 11) is -3.93. The Morgan fingerprint density at radius 2 is 1.30 bits per heavy atom. The number of carbonyl (C=O) groups is 1. The molecular weight excluding hydrogens is 603 g/mol. The zero-order valence-electron chi connectivity index (χ0n) is 26.2. The van der Waals surface area contributed by atoms with Gasteiger partial charge in [-0.1, -0.05) is 139 Å². The number of fused-ring (bicyclic) bond motifs is 3. The lowest BCUT2D eigenvalue weighted by atomic mass is 9.74. The van der Waals surface area contributed by atoms with Gasteiger partial charge in [0.25, 0.3) is 10.0 Å². The van der Waals surface area contributed by atoms with Crippen molar-refractivity contribution >= 4 is 27.4 Å². The molecule has 0 unspecified atom stereocenters. The SMILES string of the molecule is Cc1ccc(C2=C[C@@H]3c4ccccc4[C@@H]([C@H](/C=C(\NS(=O)(=O)c4ccc(C)cc4)c4ccccc4)c4ccccc4)[C@@H]3C(=O)O2)cc1. The van der Waals surface area contributed by atoms with Crippen LogP contribution in [0.5, 0.6) is 0 Å². The molecule has 1 aliphatic heterocycles. The maximum atomic E-state index is 14.1. The summed E-state index contributed by atoms with van der Waals surface area (Å²) >= 11 is 0. The largest absolute Gasteiger partial charge is 0.426 e. The van der Waals surface area contributed by atoms with Gasteiger partial charge in [-0.05, 0) is 54.3 Å². The number of ether oxygens (including phenoxy) is 1. The van der Waals surface area contributed by atoms with Gasteiger partial charge in [0.2, 0.25) is 0 Å². The zero-order valence-corrected chi connectivity index (χ0v) is 27.0. The van der Waals surface area contributed by atoms with Crippen molar-refractivity contribution in [2.75, 3.05) is 0 Å². The second kappa shape index (κ2) is 12.5. The third-order valence-corrected chi connectivity index (χ3v) is 10.6. The Bertz CT molecular complexity index is 2090.